The van der Waals surface area contributed by atoms with Crippen molar-refractivity contribution in [3.05, 3.63) is 31.3 Å². The molecule has 0 radical (unpaired) electrons. The smallest absolute Gasteiger partial charge is 0.0139 e. The number of hydrogen-bond acceptors (Lipinski definition) is 3. The van der Waals surface area contributed by atoms with E-state index in [9.17, 15) is 0 Å². The Labute approximate surface area is 68.9 Å². The predicted octanol–water partition coefficient (Wildman–Crippen LogP) is 2.78. The maximum absolute atomic E-state index is 7.33. The fourth-order valence-electron chi connectivity index (χ4n) is 0. The first-order valence-electron chi connectivity index (χ1n) is 2.54. The molecule has 0 bridgehead atoms. The maximum Gasteiger partial charge on any atom is 0.0139 e. The summed E-state index contributed by atoms with van der Waals surface area (Å²) in [7, 11) is 4.17. The topological polar surface area (TPSA) is 146 Å². The normalized spacial score (nSPS) is 4.25. The van der Waals surface area contributed by atoms with Gasteiger partial charge in [0.15, 0.2) is 0 Å². The second-order valence-electron chi connectivity index (χ2n) is 0.868. The summed E-state index contributed by atoms with van der Waals surface area (Å²) in [5.74, 6) is 0. The number of azide groups is 3. The maximum atomic E-state index is 7.33. The SMILES string of the molecule is CN=[N+]=[N-].CN=[N+]=[N-].CN=[N+]=[N-]. The van der Waals surface area contributed by atoms with Crippen molar-refractivity contribution >= 4 is 0 Å². The molecule has 0 saturated carbocycles. The molecule has 0 saturated heterocycles. The van der Waals surface area contributed by atoms with Gasteiger partial charge in [-0.15, -0.1) is 0 Å². The zero-order valence-electron chi connectivity index (χ0n) is 7.02. The average Bonchev–Trinajstić information content (AvgIpc) is 2.18. The molecular weight excluding hydrogens is 162 g/mol. The molecule has 0 aliphatic carbocycles. The van der Waals surface area contributed by atoms with Crippen molar-refractivity contribution in [2.24, 2.45) is 15.3 Å². The number of rotatable bonds is 0. The van der Waals surface area contributed by atoms with Gasteiger partial charge in [-0.2, -0.15) is 0 Å². The van der Waals surface area contributed by atoms with Gasteiger partial charge < -0.3 is 0 Å². The highest BCUT2D eigenvalue weighted by molar-refractivity contribution is 4.31. The average molecular weight is 171 g/mol. The molecule has 0 fully saturated rings. The van der Waals surface area contributed by atoms with Crippen LogP contribution in [0, 0.1) is 0 Å². The lowest BCUT2D eigenvalue weighted by Crippen LogP contribution is -1.22. The molecule has 0 aliphatic heterocycles. The van der Waals surface area contributed by atoms with Crippen molar-refractivity contribution in [3.63, 3.8) is 0 Å². The van der Waals surface area contributed by atoms with Gasteiger partial charge in [-0.3, -0.25) is 0 Å². The second-order valence-corrected chi connectivity index (χ2v) is 0.868. The standard InChI is InChI=1S/3CH3N3/c3*1-3-4-2/h3*1H3. The molecule has 9 nitrogen and oxygen atoms in total. The van der Waals surface area contributed by atoms with Crippen LogP contribution in [0.15, 0.2) is 15.3 Å². The zero-order chi connectivity index (χ0) is 10.2. The lowest BCUT2D eigenvalue weighted by atomic mass is 11.6. The second kappa shape index (κ2) is 36.4. The van der Waals surface area contributed by atoms with Crippen LogP contribution in [0.2, 0.25) is 0 Å². The van der Waals surface area contributed by atoms with Crippen LogP contribution in [-0.4, -0.2) is 21.1 Å². The molecule has 0 amide bonds. The third-order valence-electron chi connectivity index (χ3n) is 0.268. The van der Waals surface area contributed by atoms with Crippen LogP contribution in [0.25, 0.3) is 31.3 Å². The Morgan fingerprint density at radius 1 is 0.667 bits per heavy atom. The van der Waals surface area contributed by atoms with Crippen LogP contribution in [0.1, 0.15) is 0 Å². The van der Waals surface area contributed by atoms with Gasteiger partial charge >= 0.3 is 0 Å². The Morgan fingerprint density at radius 3 is 0.750 bits per heavy atom. The van der Waals surface area contributed by atoms with E-state index < -0.39 is 0 Å². The van der Waals surface area contributed by atoms with Crippen LogP contribution in [0.3, 0.4) is 0 Å². The van der Waals surface area contributed by atoms with Crippen molar-refractivity contribution in [2.75, 3.05) is 21.1 Å². The highest BCUT2D eigenvalue weighted by Gasteiger charge is 1.28. The van der Waals surface area contributed by atoms with Gasteiger partial charge in [0.05, 0.1) is 0 Å². The third-order valence-corrected chi connectivity index (χ3v) is 0.268. The minimum atomic E-state index is 1.39. The van der Waals surface area contributed by atoms with E-state index >= 15 is 0 Å². The Bertz CT molecular complexity index is 162. The molecule has 0 aliphatic rings. The van der Waals surface area contributed by atoms with E-state index in [1.54, 1.807) is 0 Å². The molecule has 9 heteroatoms. The third kappa shape index (κ3) is 440. The monoisotopic (exact) mass is 171 g/mol. The Kier molecular flexibility index (Phi) is 50.0. The van der Waals surface area contributed by atoms with Crippen molar-refractivity contribution < 1.29 is 0 Å². The summed E-state index contributed by atoms with van der Waals surface area (Å²) in [6, 6.07) is 0. The molecule has 0 atom stereocenters. The van der Waals surface area contributed by atoms with E-state index in [1.807, 2.05) is 0 Å². The molecule has 0 N–H and O–H groups in total. The molecule has 66 valence electrons. The largest absolute Gasteiger partial charge is 0.0973 e. The quantitative estimate of drug-likeness (QED) is 0.299. The minimum Gasteiger partial charge on any atom is -0.0973 e. The first kappa shape index (κ1) is 16.5. The van der Waals surface area contributed by atoms with Gasteiger partial charge in [0.1, 0.15) is 0 Å². The van der Waals surface area contributed by atoms with Crippen molar-refractivity contribution in [1.29, 1.82) is 0 Å². The molecule has 0 rings (SSSR count). The van der Waals surface area contributed by atoms with E-state index in [2.05, 4.69) is 30.1 Å². The van der Waals surface area contributed by atoms with E-state index in [0.29, 0.717) is 0 Å². The van der Waals surface area contributed by atoms with E-state index in [-0.39, 0.29) is 0 Å². The Hall–Kier alpha value is -2.07. The highest BCUT2D eigenvalue weighted by Crippen LogP contribution is 1.47. The fraction of sp³-hybridized carbons (Fsp3) is 1.00. The summed E-state index contributed by atoms with van der Waals surface area (Å²) < 4.78 is 0. The summed E-state index contributed by atoms with van der Waals surface area (Å²) in [5, 5.41) is 8.75. The first-order chi connectivity index (χ1) is 5.74. The van der Waals surface area contributed by atoms with E-state index in [4.69, 9.17) is 16.6 Å². The summed E-state index contributed by atoms with van der Waals surface area (Å²) in [4.78, 5) is 7.08. The van der Waals surface area contributed by atoms with Crippen LogP contribution in [0.5, 0.6) is 0 Å². The van der Waals surface area contributed by atoms with Crippen LogP contribution < -0.4 is 0 Å². The molecule has 0 heterocycles. The molecule has 12 heavy (non-hydrogen) atoms. The molecule has 0 aromatic heterocycles. The van der Waals surface area contributed by atoms with Crippen molar-refractivity contribution in [1.82, 2.24) is 0 Å². The summed E-state index contributed by atoms with van der Waals surface area (Å²) in [6.45, 7) is 0. The minimum absolute atomic E-state index is 1.39. The van der Waals surface area contributed by atoms with Crippen molar-refractivity contribution in [3.8, 4) is 0 Å². The molecule has 0 unspecified atom stereocenters. The van der Waals surface area contributed by atoms with Gasteiger partial charge in [-0.25, -0.2) is 0 Å². The lowest BCUT2D eigenvalue weighted by molar-refractivity contribution is 1.40. The molecular formula is C3H9N9. The highest BCUT2D eigenvalue weighted by atomic mass is 15.1. The van der Waals surface area contributed by atoms with Gasteiger partial charge in [0.25, 0.3) is 0 Å². The number of hydrogen-bond donors (Lipinski definition) is 0. The summed E-state index contributed by atoms with van der Waals surface area (Å²) in [5.41, 5.74) is 22.0. The Morgan fingerprint density at radius 2 is 0.750 bits per heavy atom. The summed E-state index contributed by atoms with van der Waals surface area (Å²) >= 11 is 0. The van der Waals surface area contributed by atoms with Gasteiger partial charge in [-0.1, -0.05) is 15.3 Å². The summed E-state index contributed by atoms with van der Waals surface area (Å²) in [6.07, 6.45) is 0. The van der Waals surface area contributed by atoms with Crippen LogP contribution >= 0.6 is 0 Å². The van der Waals surface area contributed by atoms with Crippen LogP contribution in [-0.2, 0) is 0 Å². The van der Waals surface area contributed by atoms with Crippen LogP contribution in [0.4, 0.5) is 0 Å². The van der Waals surface area contributed by atoms with Gasteiger partial charge in [0, 0.05) is 35.9 Å². The molecule has 0 spiro atoms. The van der Waals surface area contributed by atoms with Gasteiger partial charge in [0.2, 0.25) is 0 Å². The predicted molar refractivity (Wildman–Crippen MR) is 45.2 cm³/mol. The van der Waals surface area contributed by atoms with E-state index in [1.165, 1.54) is 21.1 Å². The zero-order valence-corrected chi connectivity index (χ0v) is 7.02. The van der Waals surface area contributed by atoms with E-state index in [0.717, 1.165) is 0 Å². The Balaban J connectivity index is -0.000000101. The molecule has 0 aromatic rings. The molecule has 0 aromatic carbocycles. The fourth-order valence-corrected chi connectivity index (χ4v) is 0. The first-order valence-corrected chi connectivity index (χ1v) is 2.54. The van der Waals surface area contributed by atoms with Gasteiger partial charge in [-0.05, 0) is 16.6 Å². The van der Waals surface area contributed by atoms with Crippen molar-refractivity contribution in [2.45, 2.75) is 0 Å². The number of nitrogens with zero attached hydrogens (tertiary/aromatic N) is 9. The lowest BCUT2D eigenvalue weighted by Gasteiger charge is -1.35.